The molecule has 0 aliphatic rings. The Bertz CT molecular complexity index is 662. The SMILES string of the molecule is C=C(c1cc[c]cc1)c1c[nH]c2ccccc12. The van der Waals surface area contributed by atoms with Crippen molar-refractivity contribution in [1.29, 1.82) is 0 Å². The molecule has 0 spiro atoms. The highest BCUT2D eigenvalue weighted by atomic mass is 14.7. The molecule has 3 aromatic rings. The third kappa shape index (κ3) is 1.66. The molecule has 1 heteroatoms. The van der Waals surface area contributed by atoms with Gasteiger partial charge in [-0.05, 0) is 23.3 Å². The third-order valence-electron chi connectivity index (χ3n) is 2.98. The van der Waals surface area contributed by atoms with E-state index >= 15 is 0 Å². The van der Waals surface area contributed by atoms with Crippen LogP contribution >= 0.6 is 0 Å². The van der Waals surface area contributed by atoms with Crippen LogP contribution in [0.3, 0.4) is 0 Å². The predicted molar refractivity (Wildman–Crippen MR) is 71.7 cm³/mol. The van der Waals surface area contributed by atoms with Crippen LogP contribution in [0.5, 0.6) is 0 Å². The van der Waals surface area contributed by atoms with Crippen molar-refractivity contribution in [2.45, 2.75) is 0 Å². The van der Waals surface area contributed by atoms with Crippen LogP contribution in [-0.4, -0.2) is 4.98 Å². The number of H-pyrrole nitrogens is 1. The topological polar surface area (TPSA) is 15.8 Å². The van der Waals surface area contributed by atoms with Crippen molar-refractivity contribution in [3.8, 4) is 0 Å². The van der Waals surface area contributed by atoms with E-state index in [1.54, 1.807) is 0 Å². The molecule has 0 unspecified atom stereocenters. The van der Waals surface area contributed by atoms with Gasteiger partial charge in [-0.15, -0.1) is 0 Å². The molecule has 1 nitrogen and oxygen atoms in total. The lowest BCUT2D eigenvalue weighted by atomic mass is 9.99. The summed E-state index contributed by atoms with van der Waals surface area (Å²) < 4.78 is 0. The van der Waals surface area contributed by atoms with Gasteiger partial charge in [-0.2, -0.15) is 0 Å². The molecule has 1 aromatic heterocycles. The van der Waals surface area contributed by atoms with E-state index in [1.807, 2.05) is 42.6 Å². The fourth-order valence-corrected chi connectivity index (χ4v) is 2.06. The summed E-state index contributed by atoms with van der Waals surface area (Å²) in [5, 5.41) is 1.21. The quantitative estimate of drug-likeness (QED) is 0.668. The lowest BCUT2D eigenvalue weighted by molar-refractivity contribution is 1.46. The minimum atomic E-state index is 1.04. The van der Waals surface area contributed by atoms with Crippen molar-refractivity contribution in [3.05, 3.63) is 78.5 Å². The van der Waals surface area contributed by atoms with Crippen LogP contribution in [0.25, 0.3) is 16.5 Å². The molecule has 0 aliphatic carbocycles. The summed E-state index contributed by atoms with van der Waals surface area (Å²) in [7, 11) is 0. The Morgan fingerprint density at radius 3 is 2.65 bits per heavy atom. The molecule has 0 amide bonds. The van der Waals surface area contributed by atoms with Crippen LogP contribution in [0.1, 0.15) is 11.1 Å². The fourth-order valence-electron chi connectivity index (χ4n) is 2.06. The summed E-state index contributed by atoms with van der Waals surface area (Å²) in [6, 6.07) is 19.2. The van der Waals surface area contributed by atoms with Crippen LogP contribution < -0.4 is 0 Å². The summed E-state index contributed by atoms with van der Waals surface area (Å²) >= 11 is 0. The molecular weight excluding hydrogens is 206 g/mol. The normalized spacial score (nSPS) is 10.6. The minimum Gasteiger partial charge on any atom is -0.361 e. The predicted octanol–water partition coefficient (Wildman–Crippen LogP) is 4.03. The summed E-state index contributed by atoms with van der Waals surface area (Å²) in [5.41, 5.74) is 4.47. The van der Waals surface area contributed by atoms with E-state index in [4.69, 9.17) is 0 Å². The molecule has 0 fully saturated rings. The van der Waals surface area contributed by atoms with E-state index in [-0.39, 0.29) is 0 Å². The molecule has 0 aliphatic heterocycles. The zero-order chi connectivity index (χ0) is 11.7. The highest BCUT2D eigenvalue weighted by molar-refractivity contribution is 5.96. The Kier molecular flexibility index (Phi) is 2.30. The molecule has 2 aromatic carbocycles. The minimum absolute atomic E-state index is 1.04. The number of hydrogen-bond donors (Lipinski definition) is 1. The summed E-state index contributed by atoms with van der Waals surface area (Å²) in [4.78, 5) is 3.27. The molecule has 17 heavy (non-hydrogen) atoms. The highest BCUT2D eigenvalue weighted by Crippen LogP contribution is 2.28. The van der Waals surface area contributed by atoms with Crippen molar-refractivity contribution >= 4 is 16.5 Å². The number of benzene rings is 2. The van der Waals surface area contributed by atoms with Gasteiger partial charge in [0.15, 0.2) is 0 Å². The Balaban J connectivity index is 2.14. The van der Waals surface area contributed by atoms with Gasteiger partial charge >= 0.3 is 0 Å². The van der Waals surface area contributed by atoms with Gasteiger partial charge in [-0.1, -0.05) is 49.0 Å². The van der Waals surface area contributed by atoms with Gasteiger partial charge in [0.25, 0.3) is 0 Å². The molecule has 1 N–H and O–H groups in total. The second-order valence-electron chi connectivity index (χ2n) is 4.02. The summed E-state index contributed by atoms with van der Waals surface area (Å²) in [6.07, 6.45) is 2.02. The van der Waals surface area contributed by atoms with Crippen LogP contribution in [0.15, 0.2) is 61.3 Å². The maximum Gasteiger partial charge on any atom is 0.0460 e. The van der Waals surface area contributed by atoms with Gasteiger partial charge in [0.2, 0.25) is 0 Å². The first-order valence-electron chi connectivity index (χ1n) is 5.58. The van der Waals surface area contributed by atoms with Gasteiger partial charge < -0.3 is 4.98 Å². The first-order valence-corrected chi connectivity index (χ1v) is 5.58. The van der Waals surface area contributed by atoms with Gasteiger partial charge in [0.05, 0.1) is 0 Å². The number of fused-ring (bicyclic) bond motifs is 1. The van der Waals surface area contributed by atoms with Crippen molar-refractivity contribution in [3.63, 3.8) is 0 Å². The van der Waals surface area contributed by atoms with Crippen LogP contribution in [0.2, 0.25) is 0 Å². The number of para-hydroxylation sites is 1. The lowest BCUT2D eigenvalue weighted by Crippen LogP contribution is -1.83. The van der Waals surface area contributed by atoms with Crippen molar-refractivity contribution in [2.24, 2.45) is 0 Å². The average molecular weight is 218 g/mol. The monoisotopic (exact) mass is 218 g/mol. The fraction of sp³-hybridized carbons (Fsp3) is 0. The molecule has 3 rings (SSSR count). The molecule has 1 radical (unpaired) electrons. The second-order valence-corrected chi connectivity index (χ2v) is 4.02. The van der Waals surface area contributed by atoms with Crippen molar-refractivity contribution < 1.29 is 0 Å². The first kappa shape index (κ1) is 9.91. The van der Waals surface area contributed by atoms with Crippen LogP contribution in [0, 0.1) is 6.07 Å². The van der Waals surface area contributed by atoms with E-state index in [0.717, 1.165) is 22.2 Å². The number of rotatable bonds is 2. The highest BCUT2D eigenvalue weighted by Gasteiger charge is 2.07. The smallest absolute Gasteiger partial charge is 0.0460 e. The summed E-state index contributed by atoms with van der Waals surface area (Å²) in [6.45, 7) is 4.18. The standard InChI is InChI=1S/C16H12N/c1-12(13-7-3-2-4-8-13)15-11-17-16-10-6-5-9-14(15)16/h3-11,17H,1H2. The molecular formula is C16H12N. The van der Waals surface area contributed by atoms with Crippen molar-refractivity contribution in [1.82, 2.24) is 4.98 Å². The second kappa shape index (κ2) is 3.95. The number of nitrogens with one attached hydrogen (secondary N) is 1. The van der Waals surface area contributed by atoms with E-state index < -0.39 is 0 Å². The average Bonchev–Trinajstić information content (AvgIpc) is 2.83. The van der Waals surface area contributed by atoms with E-state index in [2.05, 4.69) is 29.8 Å². The zero-order valence-electron chi connectivity index (χ0n) is 9.40. The van der Waals surface area contributed by atoms with Gasteiger partial charge in [0, 0.05) is 22.7 Å². The first-order chi connectivity index (χ1) is 8.36. The molecule has 81 valence electrons. The van der Waals surface area contributed by atoms with Crippen LogP contribution in [-0.2, 0) is 0 Å². The lowest BCUT2D eigenvalue weighted by Gasteiger charge is -2.04. The molecule has 0 saturated heterocycles. The molecule has 1 heterocycles. The molecule has 0 saturated carbocycles. The number of aromatic nitrogens is 1. The van der Waals surface area contributed by atoms with Crippen LogP contribution in [0.4, 0.5) is 0 Å². The largest absolute Gasteiger partial charge is 0.361 e. The Morgan fingerprint density at radius 2 is 1.82 bits per heavy atom. The Hall–Kier alpha value is -2.28. The third-order valence-corrected chi connectivity index (χ3v) is 2.98. The van der Waals surface area contributed by atoms with Crippen molar-refractivity contribution in [2.75, 3.05) is 0 Å². The van der Waals surface area contributed by atoms with E-state index in [0.29, 0.717) is 0 Å². The number of aromatic amines is 1. The molecule has 0 atom stereocenters. The maximum absolute atomic E-state index is 4.18. The van der Waals surface area contributed by atoms with Gasteiger partial charge in [-0.25, -0.2) is 0 Å². The Labute approximate surface area is 100 Å². The van der Waals surface area contributed by atoms with Gasteiger partial charge in [0.1, 0.15) is 0 Å². The van der Waals surface area contributed by atoms with Gasteiger partial charge in [-0.3, -0.25) is 0 Å². The number of hydrogen-bond acceptors (Lipinski definition) is 0. The van der Waals surface area contributed by atoms with E-state index in [9.17, 15) is 0 Å². The van der Waals surface area contributed by atoms with E-state index in [1.165, 1.54) is 5.39 Å². The molecule has 0 bridgehead atoms. The zero-order valence-corrected chi connectivity index (χ0v) is 9.40. The summed E-state index contributed by atoms with van der Waals surface area (Å²) in [5.74, 6) is 0. The Morgan fingerprint density at radius 1 is 1.06 bits per heavy atom. The maximum atomic E-state index is 4.18.